The summed E-state index contributed by atoms with van der Waals surface area (Å²) in [7, 11) is 1.40. The van der Waals surface area contributed by atoms with Gasteiger partial charge in [0.25, 0.3) is 5.91 Å². The normalized spacial score (nSPS) is 14.6. The zero-order valence-corrected chi connectivity index (χ0v) is 16.7. The van der Waals surface area contributed by atoms with E-state index in [0.29, 0.717) is 37.4 Å². The molecule has 29 heavy (non-hydrogen) atoms. The van der Waals surface area contributed by atoms with Crippen LogP contribution < -0.4 is 10.5 Å². The molecule has 0 spiro atoms. The molecule has 1 fully saturated rings. The van der Waals surface area contributed by atoms with Gasteiger partial charge in [0.05, 0.1) is 7.11 Å². The van der Waals surface area contributed by atoms with Crippen molar-refractivity contribution < 1.29 is 18.7 Å². The first-order valence-corrected chi connectivity index (χ1v) is 9.95. The van der Waals surface area contributed by atoms with Crippen molar-refractivity contribution in [1.82, 2.24) is 4.90 Å². The number of primary amides is 1. The van der Waals surface area contributed by atoms with E-state index in [1.807, 2.05) is 0 Å². The summed E-state index contributed by atoms with van der Waals surface area (Å²) in [6.45, 7) is 1.35. The number of ether oxygens (including phenoxy) is 1. The zero-order valence-electron chi connectivity index (χ0n) is 16.7. The lowest BCUT2D eigenvalue weighted by Gasteiger charge is -2.32. The Morgan fingerprint density at radius 2 is 1.76 bits per heavy atom. The molecule has 2 amide bonds. The van der Waals surface area contributed by atoms with Crippen LogP contribution in [0.15, 0.2) is 42.5 Å². The average Bonchev–Trinajstić information content (AvgIpc) is 2.73. The van der Waals surface area contributed by atoms with Crippen LogP contribution in [-0.4, -0.2) is 36.9 Å². The molecule has 154 valence electrons. The van der Waals surface area contributed by atoms with Crippen molar-refractivity contribution in [2.24, 2.45) is 11.7 Å². The van der Waals surface area contributed by atoms with Crippen molar-refractivity contribution in [3.05, 3.63) is 65.0 Å². The predicted molar refractivity (Wildman–Crippen MR) is 109 cm³/mol. The first-order valence-electron chi connectivity index (χ1n) is 9.95. The third kappa shape index (κ3) is 5.56. The molecule has 0 bridgehead atoms. The molecule has 5 nitrogen and oxygen atoms in total. The molecule has 0 saturated carbocycles. The lowest BCUT2D eigenvalue weighted by Crippen LogP contribution is -2.38. The SMILES string of the molecule is COc1ccc(C(=O)N2CCC(Cc3ccc(CCC(N)=O)cc3)CC2)cc1F. The highest BCUT2D eigenvalue weighted by Crippen LogP contribution is 2.24. The van der Waals surface area contributed by atoms with Crippen LogP contribution in [0, 0.1) is 11.7 Å². The Morgan fingerprint density at radius 3 is 2.34 bits per heavy atom. The standard InChI is InChI=1S/C23H27FN2O3/c1-29-21-8-7-19(15-20(21)24)23(28)26-12-10-18(11-13-26)14-17-4-2-16(3-5-17)6-9-22(25)27/h2-5,7-8,15,18H,6,9-14H2,1H3,(H2,25,27). The van der Waals surface area contributed by atoms with E-state index < -0.39 is 5.82 Å². The van der Waals surface area contributed by atoms with E-state index in [2.05, 4.69) is 24.3 Å². The van der Waals surface area contributed by atoms with Crippen molar-refractivity contribution >= 4 is 11.8 Å². The van der Waals surface area contributed by atoms with Crippen molar-refractivity contribution in [3.63, 3.8) is 0 Å². The van der Waals surface area contributed by atoms with Crippen LogP contribution >= 0.6 is 0 Å². The second-order valence-electron chi connectivity index (χ2n) is 7.57. The van der Waals surface area contributed by atoms with Crippen LogP contribution in [-0.2, 0) is 17.6 Å². The number of carbonyl (C=O) groups is 2. The van der Waals surface area contributed by atoms with E-state index in [1.54, 1.807) is 11.0 Å². The number of likely N-dealkylation sites (tertiary alicyclic amines) is 1. The van der Waals surface area contributed by atoms with E-state index in [1.165, 1.54) is 24.8 Å². The highest BCUT2D eigenvalue weighted by Gasteiger charge is 2.24. The van der Waals surface area contributed by atoms with Crippen LogP contribution in [0.2, 0.25) is 0 Å². The molecular formula is C23H27FN2O3. The predicted octanol–water partition coefficient (Wildman–Crippen LogP) is 3.35. The van der Waals surface area contributed by atoms with E-state index in [-0.39, 0.29) is 17.6 Å². The van der Waals surface area contributed by atoms with E-state index >= 15 is 0 Å². The average molecular weight is 398 g/mol. The molecule has 2 N–H and O–H groups in total. The lowest BCUT2D eigenvalue weighted by atomic mass is 9.89. The molecule has 1 heterocycles. The minimum Gasteiger partial charge on any atom is -0.494 e. The molecule has 0 aliphatic carbocycles. The Labute approximate surface area is 170 Å². The number of piperidine rings is 1. The van der Waals surface area contributed by atoms with Crippen LogP contribution in [0.5, 0.6) is 5.75 Å². The number of halogens is 1. The molecule has 1 saturated heterocycles. The molecule has 6 heteroatoms. The van der Waals surface area contributed by atoms with Gasteiger partial charge >= 0.3 is 0 Å². The van der Waals surface area contributed by atoms with Crippen molar-refractivity contribution in [2.45, 2.75) is 32.1 Å². The van der Waals surface area contributed by atoms with Gasteiger partial charge < -0.3 is 15.4 Å². The van der Waals surface area contributed by atoms with Gasteiger partial charge in [-0.2, -0.15) is 0 Å². The Balaban J connectivity index is 1.50. The fourth-order valence-corrected chi connectivity index (χ4v) is 3.77. The second kappa shape index (κ2) is 9.54. The maximum absolute atomic E-state index is 13.9. The third-order valence-electron chi connectivity index (χ3n) is 5.51. The van der Waals surface area contributed by atoms with Gasteiger partial charge in [-0.25, -0.2) is 4.39 Å². The van der Waals surface area contributed by atoms with Gasteiger partial charge in [-0.3, -0.25) is 9.59 Å². The number of aryl methyl sites for hydroxylation is 1. The summed E-state index contributed by atoms with van der Waals surface area (Å²) in [5.41, 5.74) is 7.92. The molecule has 0 unspecified atom stereocenters. The van der Waals surface area contributed by atoms with Crippen molar-refractivity contribution in [2.75, 3.05) is 20.2 Å². The van der Waals surface area contributed by atoms with Gasteiger partial charge in [-0.05, 0) is 60.9 Å². The summed E-state index contributed by atoms with van der Waals surface area (Å²) < 4.78 is 18.8. The van der Waals surface area contributed by atoms with E-state index in [0.717, 1.165) is 24.8 Å². The van der Waals surface area contributed by atoms with Gasteiger partial charge in [-0.15, -0.1) is 0 Å². The summed E-state index contributed by atoms with van der Waals surface area (Å²) in [6.07, 6.45) is 3.85. The van der Waals surface area contributed by atoms with E-state index in [9.17, 15) is 14.0 Å². The smallest absolute Gasteiger partial charge is 0.253 e. The highest BCUT2D eigenvalue weighted by molar-refractivity contribution is 5.94. The highest BCUT2D eigenvalue weighted by atomic mass is 19.1. The Kier molecular flexibility index (Phi) is 6.86. The molecule has 2 aromatic rings. The fourth-order valence-electron chi connectivity index (χ4n) is 3.77. The topological polar surface area (TPSA) is 72.6 Å². The number of amides is 2. The summed E-state index contributed by atoms with van der Waals surface area (Å²) >= 11 is 0. The first kappa shape index (κ1) is 20.8. The lowest BCUT2D eigenvalue weighted by molar-refractivity contribution is -0.117. The maximum atomic E-state index is 13.9. The summed E-state index contributed by atoms with van der Waals surface area (Å²) in [5, 5.41) is 0. The Hall–Kier alpha value is -2.89. The number of benzene rings is 2. The molecule has 3 rings (SSSR count). The minimum absolute atomic E-state index is 0.135. The first-order chi connectivity index (χ1) is 14.0. The van der Waals surface area contributed by atoms with Crippen LogP contribution in [0.4, 0.5) is 4.39 Å². The molecule has 0 radical (unpaired) electrons. The van der Waals surface area contributed by atoms with Crippen molar-refractivity contribution in [1.29, 1.82) is 0 Å². The van der Waals surface area contributed by atoms with Crippen LogP contribution in [0.1, 0.15) is 40.7 Å². The number of hydrogen-bond donors (Lipinski definition) is 1. The summed E-state index contributed by atoms with van der Waals surface area (Å²) in [4.78, 5) is 25.3. The van der Waals surface area contributed by atoms with Crippen molar-refractivity contribution in [3.8, 4) is 5.75 Å². The summed E-state index contributed by atoms with van der Waals surface area (Å²) in [5.74, 6) is -0.284. The van der Waals surface area contributed by atoms with E-state index in [4.69, 9.17) is 10.5 Å². The minimum atomic E-state index is -0.521. The number of methoxy groups -OCH3 is 1. The second-order valence-corrected chi connectivity index (χ2v) is 7.57. The van der Waals surface area contributed by atoms with Gasteiger partial charge in [0.15, 0.2) is 11.6 Å². The molecule has 1 aliphatic heterocycles. The Morgan fingerprint density at radius 1 is 1.10 bits per heavy atom. The van der Waals surface area contributed by atoms with Crippen LogP contribution in [0.25, 0.3) is 0 Å². The van der Waals surface area contributed by atoms with Gasteiger partial charge in [0, 0.05) is 25.1 Å². The zero-order chi connectivity index (χ0) is 20.8. The number of carbonyl (C=O) groups excluding carboxylic acids is 2. The van der Waals surface area contributed by atoms with Gasteiger partial charge in [0.1, 0.15) is 0 Å². The number of nitrogens with zero attached hydrogens (tertiary/aromatic N) is 1. The largest absolute Gasteiger partial charge is 0.494 e. The Bertz CT molecular complexity index is 859. The van der Waals surface area contributed by atoms with Gasteiger partial charge in [0.2, 0.25) is 5.91 Å². The molecule has 1 aliphatic rings. The summed E-state index contributed by atoms with van der Waals surface area (Å²) in [6, 6.07) is 12.7. The monoisotopic (exact) mass is 398 g/mol. The fraction of sp³-hybridized carbons (Fsp3) is 0.391. The quantitative estimate of drug-likeness (QED) is 0.777. The molecule has 0 atom stereocenters. The maximum Gasteiger partial charge on any atom is 0.253 e. The van der Waals surface area contributed by atoms with Gasteiger partial charge in [-0.1, -0.05) is 24.3 Å². The molecule has 0 aromatic heterocycles. The molecule has 2 aromatic carbocycles. The number of rotatable bonds is 7. The molecular weight excluding hydrogens is 371 g/mol. The number of nitrogens with two attached hydrogens (primary N) is 1. The third-order valence-corrected chi connectivity index (χ3v) is 5.51. The number of hydrogen-bond acceptors (Lipinski definition) is 3. The van der Waals surface area contributed by atoms with Crippen LogP contribution in [0.3, 0.4) is 0 Å².